The van der Waals surface area contributed by atoms with Crippen molar-refractivity contribution >= 4 is 44.4 Å². The van der Waals surface area contributed by atoms with Crippen LogP contribution in [0, 0.1) is 11.3 Å². The van der Waals surface area contributed by atoms with Crippen LogP contribution in [0.2, 0.25) is 0 Å². The lowest BCUT2D eigenvalue weighted by Crippen LogP contribution is -2.13. The second-order valence-corrected chi connectivity index (χ2v) is 6.43. The van der Waals surface area contributed by atoms with Crippen LogP contribution in [-0.2, 0) is 4.79 Å². The number of rotatable bonds is 4. The molecule has 3 rings (SSSR count). The van der Waals surface area contributed by atoms with Crippen LogP contribution in [0.4, 0.5) is 5.69 Å². The van der Waals surface area contributed by atoms with Crippen LogP contribution < -0.4 is 10.1 Å². The molecule has 0 bridgehead atoms. The van der Waals surface area contributed by atoms with Crippen LogP contribution in [-0.4, -0.2) is 13.0 Å². The summed E-state index contributed by atoms with van der Waals surface area (Å²) in [6.45, 7) is 0. The highest BCUT2D eigenvalue weighted by atomic mass is 79.9. The first-order valence-corrected chi connectivity index (χ1v) is 8.65. The Morgan fingerprint density at radius 2 is 1.88 bits per heavy atom. The number of nitrogens with one attached hydrogen (secondary N) is 1. The first kappa shape index (κ1) is 17.7. The number of amides is 1. The molecule has 0 saturated carbocycles. The van der Waals surface area contributed by atoms with Gasteiger partial charge in [0.15, 0.2) is 0 Å². The minimum atomic E-state index is -0.449. The molecule has 0 radical (unpaired) electrons. The van der Waals surface area contributed by atoms with Crippen molar-refractivity contribution in [1.29, 1.82) is 5.26 Å². The van der Waals surface area contributed by atoms with E-state index in [0.29, 0.717) is 11.4 Å². The second-order valence-electron chi connectivity index (χ2n) is 5.58. The van der Waals surface area contributed by atoms with Crippen molar-refractivity contribution in [3.8, 4) is 11.8 Å². The van der Waals surface area contributed by atoms with Gasteiger partial charge in [-0.25, -0.2) is 0 Å². The van der Waals surface area contributed by atoms with Gasteiger partial charge in [-0.05, 0) is 62.6 Å². The van der Waals surface area contributed by atoms with E-state index in [4.69, 9.17) is 4.74 Å². The third-order valence-corrected chi connectivity index (χ3v) is 4.48. The maximum absolute atomic E-state index is 12.5. The molecule has 0 spiro atoms. The van der Waals surface area contributed by atoms with E-state index in [0.717, 1.165) is 20.8 Å². The Bertz CT molecular complexity index is 1050. The Kier molecular flexibility index (Phi) is 5.35. The number of anilines is 1. The Balaban J connectivity index is 1.84. The van der Waals surface area contributed by atoms with Crippen molar-refractivity contribution in [3.63, 3.8) is 0 Å². The maximum Gasteiger partial charge on any atom is 0.266 e. The van der Waals surface area contributed by atoms with E-state index in [1.165, 1.54) is 0 Å². The molecule has 0 aliphatic carbocycles. The standard InChI is InChI=1S/C21H15BrN2O2/c1-26-20-9-6-14(11-19(20)22)10-17(13-23)21(25)24-18-8-7-15-4-2-3-5-16(15)12-18/h2-12H,1H3,(H,24,25)/b17-10+. The van der Waals surface area contributed by atoms with E-state index in [2.05, 4.69) is 21.2 Å². The lowest BCUT2D eigenvalue weighted by Gasteiger charge is -2.07. The Morgan fingerprint density at radius 3 is 2.58 bits per heavy atom. The van der Waals surface area contributed by atoms with Gasteiger partial charge in [0.05, 0.1) is 11.6 Å². The number of nitrogens with zero attached hydrogens (tertiary/aromatic N) is 1. The first-order chi connectivity index (χ1) is 12.6. The van der Waals surface area contributed by atoms with Crippen molar-refractivity contribution in [2.45, 2.75) is 0 Å². The molecule has 1 amide bonds. The molecule has 26 heavy (non-hydrogen) atoms. The minimum Gasteiger partial charge on any atom is -0.496 e. The van der Waals surface area contributed by atoms with Crippen LogP contribution in [0.1, 0.15) is 5.56 Å². The predicted octanol–water partition coefficient (Wildman–Crippen LogP) is 5.16. The SMILES string of the molecule is COc1ccc(/C=C(\C#N)C(=O)Nc2ccc3ccccc3c2)cc1Br. The molecule has 1 N–H and O–H groups in total. The highest BCUT2D eigenvalue weighted by Gasteiger charge is 2.10. The maximum atomic E-state index is 12.5. The molecule has 0 unspecified atom stereocenters. The van der Waals surface area contributed by atoms with Gasteiger partial charge < -0.3 is 10.1 Å². The first-order valence-electron chi connectivity index (χ1n) is 7.86. The number of halogens is 1. The topological polar surface area (TPSA) is 62.1 Å². The number of ether oxygens (including phenoxy) is 1. The average molecular weight is 407 g/mol. The average Bonchev–Trinajstić information content (AvgIpc) is 2.66. The smallest absolute Gasteiger partial charge is 0.266 e. The Hall–Kier alpha value is -3.10. The number of benzene rings is 3. The number of hydrogen-bond acceptors (Lipinski definition) is 3. The molecule has 0 heterocycles. The molecule has 0 fully saturated rings. The fourth-order valence-corrected chi connectivity index (χ4v) is 3.11. The van der Waals surface area contributed by atoms with E-state index in [1.807, 2.05) is 48.5 Å². The monoisotopic (exact) mass is 406 g/mol. The van der Waals surface area contributed by atoms with Gasteiger partial charge in [0, 0.05) is 5.69 Å². The van der Waals surface area contributed by atoms with Crippen LogP contribution in [0.5, 0.6) is 5.75 Å². The predicted molar refractivity (Wildman–Crippen MR) is 107 cm³/mol. The molecule has 5 heteroatoms. The Morgan fingerprint density at radius 1 is 1.12 bits per heavy atom. The number of carbonyl (C=O) groups excluding carboxylic acids is 1. The highest BCUT2D eigenvalue weighted by molar-refractivity contribution is 9.10. The summed E-state index contributed by atoms with van der Waals surface area (Å²) in [4.78, 5) is 12.5. The summed E-state index contributed by atoms with van der Waals surface area (Å²) in [7, 11) is 1.58. The Labute approximate surface area is 159 Å². The van der Waals surface area contributed by atoms with Gasteiger partial charge >= 0.3 is 0 Å². The molecule has 128 valence electrons. The number of methoxy groups -OCH3 is 1. The molecule has 3 aromatic carbocycles. The fourth-order valence-electron chi connectivity index (χ4n) is 2.55. The van der Waals surface area contributed by atoms with Crippen LogP contribution in [0.25, 0.3) is 16.8 Å². The van der Waals surface area contributed by atoms with Crippen molar-refractivity contribution in [2.24, 2.45) is 0 Å². The summed E-state index contributed by atoms with van der Waals surface area (Å²) < 4.78 is 5.93. The van der Waals surface area contributed by atoms with Crippen LogP contribution >= 0.6 is 15.9 Å². The number of carbonyl (C=O) groups is 1. The van der Waals surface area contributed by atoms with Crippen LogP contribution in [0.15, 0.2) is 70.7 Å². The van der Waals surface area contributed by atoms with Gasteiger partial charge in [0.2, 0.25) is 0 Å². The molecule has 0 aliphatic rings. The molecule has 0 aromatic heterocycles. The second kappa shape index (κ2) is 7.85. The fraction of sp³-hybridized carbons (Fsp3) is 0.0476. The van der Waals surface area contributed by atoms with E-state index >= 15 is 0 Å². The molecule has 0 aliphatic heterocycles. The van der Waals surface area contributed by atoms with Gasteiger partial charge in [-0.1, -0.05) is 36.4 Å². The lowest BCUT2D eigenvalue weighted by molar-refractivity contribution is -0.112. The lowest BCUT2D eigenvalue weighted by atomic mass is 10.1. The summed E-state index contributed by atoms with van der Waals surface area (Å²) in [5, 5.41) is 14.2. The third-order valence-electron chi connectivity index (χ3n) is 3.86. The van der Waals surface area contributed by atoms with Gasteiger partial charge in [-0.15, -0.1) is 0 Å². The largest absolute Gasteiger partial charge is 0.496 e. The van der Waals surface area contributed by atoms with Gasteiger partial charge in [-0.2, -0.15) is 5.26 Å². The van der Waals surface area contributed by atoms with Crippen molar-refractivity contribution in [3.05, 3.63) is 76.3 Å². The molecular formula is C21H15BrN2O2. The zero-order valence-electron chi connectivity index (χ0n) is 14.0. The summed E-state index contributed by atoms with van der Waals surface area (Å²) >= 11 is 3.40. The summed E-state index contributed by atoms with van der Waals surface area (Å²) in [5.74, 6) is 0.232. The molecule has 4 nitrogen and oxygen atoms in total. The minimum absolute atomic E-state index is 0.0234. The van der Waals surface area contributed by atoms with Crippen molar-refractivity contribution in [1.82, 2.24) is 0 Å². The van der Waals surface area contributed by atoms with Gasteiger partial charge in [0.25, 0.3) is 5.91 Å². The van der Waals surface area contributed by atoms with Gasteiger partial charge in [0.1, 0.15) is 17.4 Å². The zero-order valence-corrected chi connectivity index (χ0v) is 15.6. The van der Waals surface area contributed by atoms with E-state index < -0.39 is 5.91 Å². The summed E-state index contributed by atoms with van der Waals surface area (Å²) in [6.07, 6.45) is 1.54. The van der Waals surface area contributed by atoms with E-state index in [9.17, 15) is 10.1 Å². The molecule has 3 aromatic rings. The van der Waals surface area contributed by atoms with E-state index in [1.54, 1.807) is 31.4 Å². The highest BCUT2D eigenvalue weighted by Crippen LogP contribution is 2.26. The normalized spacial score (nSPS) is 11.0. The quantitative estimate of drug-likeness (QED) is 0.480. The van der Waals surface area contributed by atoms with Crippen molar-refractivity contribution in [2.75, 3.05) is 12.4 Å². The third kappa shape index (κ3) is 3.93. The van der Waals surface area contributed by atoms with Crippen molar-refractivity contribution < 1.29 is 9.53 Å². The van der Waals surface area contributed by atoms with Crippen LogP contribution in [0.3, 0.4) is 0 Å². The number of hydrogen-bond donors (Lipinski definition) is 1. The molecule has 0 atom stereocenters. The summed E-state index contributed by atoms with van der Waals surface area (Å²) in [5.41, 5.74) is 1.39. The van der Waals surface area contributed by atoms with E-state index in [-0.39, 0.29) is 5.57 Å². The molecule has 0 saturated heterocycles. The number of nitriles is 1. The number of fused-ring (bicyclic) bond motifs is 1. The zero-order chi connectivity index (χ0) is 18.5. The summed E-state index contributed by atoms with van der Waals surface area (Å²) in [6, 6.07) is 20.8. The molecular weight excluding hydrogens is 392 g/mol. The van der Waals surface area contributed by atoms with Gasteiger partial charge in [-0.3, -0.25) is 4.79 Å².